The SMILES string of the molecule is Fc1cccc(Nc2nccc3[nH]c(-c4ccccc4Cl)nc23)c1. The molecule has 4 nitrogen and oxygen atoms in total. The molecule has 118 valence electrons. The van der Waals surface area contributed by atoms with Crippen molar-refractivity contribution >= 4 is 34.1 Å². The van der Waals surface area contributed by atoms with E-state index in [2.05, 4.69) is 20.3 Å². The molecular formula is C18H12ClFN4. The zero-order valence-corrected chi connectivity index (χ0v) is 13.2. The van der Waals surface area contributed by atoms with Crippen molar-refractivity contribution in [1.29, 1.82) is 0 Å². The Bertz CT molecular complexity index is 1030. The summed E-state index contributed by atoms with van der Waals surface area (Å²) < 4.78 is 13.4. The number of imidazole rings is 1. The van der Waals surface area contributed by atoms with E-state index in [-0.39, 0.29) is 5.82 Å². The van der Waals surface area contributed by atoms with Crippen LogP contribution in [0.25, 0.3) is 22.4 Å². The number of hydrogen-bond acceptors (Lipinski definition) is 3. The molecule has 0 fully saturated rings. The topological polar surface area (TPSA) is 53.6 Å². The highest BCUT2D eigenvalue weighted by Crippen LogP contribution is 2.29. The maximum atomic E-state index is 13.4. The lowest BCUT2D eigenvalue weighted by atomic mass is 10.2. The monoisotopic (exact) mass is 338 g/mol. The van der Waals surface area contributed by atoms with E-state index >= 15 is 0 Å². The first-order chi connectivity index (χ1) is 11.7. The molecule has 0 aliphatic carbocycles. The Morgan fingerprint density at radius 1 is 1.04 bits per heavy atom. The molecular weight excluding hydrogens is 327 g/mol. The summed E-state index contributed by atoms with van der Waals surface area (Å²) in [4.78, 5) is 12.2. The Morgan fingerprint density at radius 2 is 1.92 bits per heavy atom. The first-order valence-electron chi connectivity index (χ1n) is 7.33. The van der Waals surface area contributed by atoms with Crippen LogP contribution in [-0.2, 0) is 0 Å². The summed E-state index contributed by atoms with van der Waals surface area (Å²) in [5.41, 5.74) is 2.90. The number of rotatable bonds is 3. The van der Waals surface area contributed by atoms with Gasteiger partial charge >= 0.3 is 0 Å². The highest BCUT2D eigenvalue weighted by atomic mass is 35.5. The number of hydrogen-bond donors (Lipinski definition) is 2. The van der Waals surface area contributed by atoms with Crippen LogP contribution in [0.4, 0.5) is 15.9 Å². The molecule has 2 aromatic heterocycles. The van der Waals surface area contributed by atoms with E-state index < -0.39 is 0 Å². The third-order valence-corrected chi connectivity index (χ3v) is 3.95. The minimum absolute atomic E-state index is 0.314. The number of H-pyrrole nitrogens is 1. The summed E-state index contributed by atoms with van der Waals surface area (Å²) in [6.07, 6.45) is 1.67. The Morgan fingerprint density at radius 3 is 2.75 bits per heavy atom. The van der Waals surface area contributed by atoms with Gasteiger partial charge in [0.15, 0.2) is 5.82 Å². The van der Waals surface area contributed by atoms with Gasteiger partial charge in [0.25, 0.3) is 0 Å². The summed E-state index contributed by atoms with van der Waals surface area (Å²) in [6.45, 7) is 0. The van der Waals surface area contributed by atoms with E-state index in [4.69, 9.17) is 11.6 Å². The average molecular weight is 339 g/mol. The summed E-state index contributed by atoms with van der Waals surface area (Å²) in [7, 11) is 0. The number of anilines is 2. The van der Waals surface area contributed by atoms with E-state index in [0.717, 1.165) is 11.1 Å². The van der Waals surface area contributed by atoms with Crippen LogP contribution >= 0.6 is 11.6 Å². The normalized spacial score (nSPS) is 10.9. The van der Waals surface area contributed by atoms with Crippen LogP contribution in [0.1, 0.15) is 0 Å². The number of nitrogens with one attached hydrogen (secondary N) is 2. The van der Waals surface area contributed by atoms with Crippen LogP contribution in [0.5, 0.6) is 0 Å². The van der Waals surface area contributed by atoms with Gasteiger partial charge in [0.2, 0.25) is 0 Å². The van der Waals surface area contributed by atoms with E-state index in [0.29, 0.717) is 27.9 Å². The molecule has 2 heterocycles. The average Bonchev–Trinajstić information content (AvgIpc) is 3.00. The molecule has 24 heavy (non-hydrogen) atoms. The Kier molecular flexibility index (Phi) is 3.63. The maximum absolute atomic E-state index is 13.4. The van der Waals surface area contributed by atoms with E-state index in [1.165, 1.54) is 12.1 Å². The minimum Gasteiger partial charge on any atom is -0.338 e. The molecule has 4 rings (SSSR count). The van der Waals surface area contributed by atoms with E-state index in [1.54, 1.807) is 18.3 Å². The molecule has 2 aromatic carbocycles. The molecule has 0 saturated heterocycles. The number of fused-ring (bicyclic) bond motifs is 1. The lowest BCUT2D eigenvalue weighted by Gasteiger charge is -2.05. The highest BCUT2D eigenvalue weighted by molar-refractivity contribution is 6.33. The predicted molar refractivity (Wildman–Crippen MR) is 94.0 cm³/mol. The summed E-state index contributed by atoms with van der Waals surface area (Å²) in [5, 5.41) is 3.72. The molecule has 2 N–H and O–H groups in total. The zero-order valence-electron chi connectivity index (χ0n) is 12.4. The van der Waals surface area contributed by atoms with Gasteiger partial charge in [-0.1, -0.05) is 29.8 Å². The molecule has 0 spiro atoms. The smallest absolute Gasteiger partial charge is 0.158 e. The van der Waals surface area contributed by atoms with Gasteiger partial charge in [-0.25, -0.2) is 14.4 Å². The minimum atomic E-state index is -0.314. The van der Waals surface area contributed by atoms with Gasteiger partial charge in [-0.2, -0.15) is 0 Å². The van der Waals surface area contributed by atoms with E-state index in [9.17, 15) is 4.39 Å². The van der Waals surface area contributed by atoms with Crippen molar-refractivity contribution in [3.63, 3.8) is 0 Å². The van der Waals surface area contributed by atoms with Crippen LogP contribution in [0.15, 0.2) is 60.8 Å². The molecule has 6 heteroatoms. The van der Waals surface area contributed by atoms with Crippen LogP contribution in [0.2, 0.25) is 5.02 Å². The van der Waals surface area contributed by atoms with E-state index in [1.807, 2.05) is 30.3 Å². The van der Waals surface area contributed by atoms with Crippen molar-refractivity contribution in [3.05, 3.63) is 71.6 Å². The first kappa shape index (κ1) is 14.7. The second-order valence-corrected chi connectivity index (χ2v) is 5.66. The van der Waals surface area contributed by atoms with Crippen molar-refractivity contribution in [3.8, 4) is 11.4 Å². The highest BCUT2D eigenvalue weighted by Gasteiger charge is 2.12. The van der Waals surface area contributed by atoms with Gasteiger partial charge in [0, 0.05) is 17.4 Å². The van der Waals surface area contributed by atoms with Gasteiger partial charge in [0.05, 0.1) is 10.5 Å². The fourth-order valence-electron chi connectivity index (χ4n) is 2.51. The third kappa shape index (κ3) is 2.70. The van der Waals surface area contributed by atoms with Crippen molar-refractivity contribution in [2.24, 2.45) is 0 Å². The molecule has 0 amide bonds. The maximum Gasteiger partial charge on any atom is 0.158 e. The first-order valence-corrected chi connectivity index (χ1v) is 7.71. The number of aromatic amines is 1. The van der Waals surface area contributed by atoms with Crippen molar-refractivity contribution in [2.75, 3.05) is 5.32 Å². The summed E-state index contributed by atoms with van der Waals surface area (Å²) in [6, 6.07) is 15.5. The quantitative estimate of drug-likeness (QED) is 0.542. The van der Waals surface area contributed by atoms with Crippen LogP contribution in [0, 0.1) is 5.82 Å². The van der Waals surface area contributed by atoms with Gasteiger partial charge < -0.3 is 10.3 Å². The van der Waals surface area contributed by atoms with Crippen molar-refractivity contribution in [2.45, 2.75) is 0 Å². The second kappa shape index (κ2) is 5.94. The fourth-order valence-corrected chi connectivity index (χ4v) is 2.74. The number of nitrogens with zero attached hydrogens (tertiary/aromatic N) is 2. The molecule has 0 aliphatic rings. The molecule has 0 atom stereocenters. The van der Waals surface area contributed by atoms with Gasteiger partial charge in [-0.3, -0.25) is 0 Å². The van der Waals surface area contributed by atoms with Crippen LogP contribution in [0.3, 0.4) is 0 Å². The van der Waals surface area contributed by atoms with Crippen molar-refractivity contribution in [1.82, 2.24) is 15.0 Å². The molecule has 4 aromatic rings. The molecule has 0 saturated carbocycles. The number of halogens is 2. The predicted octanol–water partition coefficient (Wildman–Crippen LogP) is 5.16. The lowest BCUT2D eigenvalue weighted by molar-refractivity contribution is 0.628. The molecule has 0 aliphatic heterocycles. The number of aromatic nitrogens is 3. The largest absolute Gasteiger partial charge is 0.338 e. The van der Waals surface area contributed by atoms with Crippen molar-refractivity contribution < 1.29 is 4.39 Å². The lowest BCUT2D eigenvalue weighted by Crippen LogP contribution is -1.94. The van der Waals surface area contributed by atoms with Gasteiger partial charge in [-0.05, 0) is 36.4 Å². The summed E-state index contributed by atoms with van der Waals surface area (Å²) >= 11 is 6.24. The fraction of sp³-hybridized carbons (Fsp3) is 0. The molecule has 0 radical (unpaired) electrons. The number of pyridine rings is 1. The Hall–Kier alpha value is -2.92. The Balaban J connectivity index is 1.79. The standard InChI is InChI=1S/C18H12ClFN4/c19-14-7-2-1-6-13(14)17-23-15-8-9-21-18(16(15)24-17)22-12-5-3-4-11(20)10-12/h1-10H,(H,21,22)(H,23,24). The molecule has 0 bridgehead atoms. The number of benzene rings is 2. The second-order valence-electron chi connectivity index (χ2n) is 5.26. The van der Waals surface area contributed by atoms with Gasteiger partial charge in [-0.15, -0.1) is 0 Å². The van der Waals surface area contributed by atoms with Crippen LogP contribution in [-0.4, -0.2) is 15.0 Å². The Labute approximate surface area is 142 Å². The molecule has 0 unspecified atom stereocenters. The van der Waals surface area contributed by atoms with Gasteiger partial charge in [0.1, 0.15) is 17.2 Å². The summed E-state index contributed by atoms with van der Waals surface area (Å²) in [5.74, 6) is 0.893. The zero-order chi connectivity index (χ0) is 16.5. The van der Waals surface area contributed by atoms with Crippen LogP contribution < -0.4 is 5.32 Å². The third-order valence-electron chi connectivity index (χ3n) is 3.62.